The van der Waals surface area contributed by atoms with Gasteiger partial charge in [-0.1, -0.05) is 63.6 Å². The van der Waals surface area contributed by atoms with E-state index in [0.717, 1.165) is 50.9 Å². The fourth-order valence-corrected chi connectivity index (χ4v) is 4.38. The number of carbonyl (C=O) groups is 1. The van der Waals surface area contributed by atoms with Crippen LogP contribution in [0.25, 0.3) is 0 Å². The highest BCUT2D eigenvalue weighted by molar-refractivity contribution is 5.87. The van der Waals surface area contributed by atoms with Crippen LogP contribution in [0.15, 0.2) is 54.9 Å². The van der Waals surface area contributed by atoms with Crippen molar-refractivity contribution in [3.63, 3.8) is 0 Å². The highest BCUT2D eigenvalue weighted by atomic mass is 16.5. The smallest absolute Gasteiger partial charge is 0.257 e. The Bertz CT molecular complexity index is 789. The zero-order chi connectivity index (χ0) is 22.1. The van der Waals surface area contributed by atoms with E-state index in [4.69, 9.17) is 4.74 Å². The molecule has 1 atom stereocenters. The van der Waals surface area contributed by atoms with E-state index < -0.39 is 5.60 Å². The number of amides is 1. The number of rotatable bonds is 10. The third-order valence-corrected chi connectivity index (χ3v) is 6.23. The van der Waals surface area contributed by atoms with Gasteiger partial charge in [0, 0.05) is 44.7 Å². The maximum Gasteiger partial charge on any atom is 0.257 e. The molecule has 1 aliphatic rings. The first-order valence-corrected chi connectivity index (χ1v) is 11.7. The van der Waals surface area contributed by atoms with Gasteiger partial charge in [-0.05, 0) is 42.4 Å². The fraction of sp³-hybridized carbons (Fsp3) is 0.538. The SMILES string of the molecule is CCCCOC(C(=O)NC1CCN(Cc2cccnc2)CC1)(c1ccccc1)C(C)C. The molecule has 0 spiro atoms. The Kier molecular flexibility index (Phi) is 8.61. The van der Waals surface area contributed by atoms with Crippen LogP contribution in [0.5, 0.6) is 0 Å². The lowest BCUT2D eigenvalue weighted by molar-refractivity contribution is -0.158. The quantitative estimate of drug-likeness (QED) is 0.571. The maximum absolute atomic E-state index is 13.7. The van der Waals surface area contributed by atoms with Gasteiger partial charge >= 0.3 is 0 Å². The molecule has 1 fully saturated rings. The van der Waals surface area contributed by atoms with E-state index in [9.17, 15) is 4.79 Å². The summed E-state index contributed by atoms with van der Waals surface area (Å²) < 4.78 is 6.39. The molecule has 2 heterocycles. The van der Waals surface area contributed by atoms with Crippen LogP contribution in [0, 0.1) is 5.92 Å². The molecule has 31 heavy (non-hydrogen) atoms. The number of benzene rings is 1. The van der Waals surface area contributed by atoms with E-state index in [0.29, 0.717) is 6.61 Å². The second-order valence-electron chi connectivity index (χ2n) is 8.84. The van der Waals surface area contributed by atoms with Gasteiger partial charge in [0.1, 0.15) is 0 Å². The highest BCUT2D eigenvalue weighted by Crippen LogP contribution is 2.35. The van der Waals surface area contributed by atoms with Crippen LogP contribution in [-0.2, 0) is 21.7 Å². The van der Waals surface area contributed by atoms with Gasteiger partial charge in [-0.2, -0.15) is 0 Å². The largest absolute Gasteiger partial charge is 0.360 e. The van der Waals surface area contributed by atoms with Crippen LogP contribution < -0.4 is 5.32 Å². The Morgan fingerprint density at radius 1 is 1.19 bits per heavy atom. The van der Waals surface area contributed by atoms with E-state index in [1.165, 1.54) is 5.56 Å². The summed E-state index contributed by atoms with van der Waals surface area (Å²) in [5.74, 6) is 0.0212. The van der Waals surface area contributed by atoms with Crippen LogP contribution in [0.2, 0.25) is 0 Å². The number of hydrogen-bond acceptors (Lipinski definition) is 4. The third-order valence-electron chi connectivity index (χ3n) is 6.23. The summed E-state index contributed by atoms with van der Waals surface area (Å²) in [6.07, 6.45) is 7.62. The number of aromatic nitrogens is 1. The van der Waals surface area contributed by atoms with Crippen molar-refractivity contribution in [2.45, 2.75) is 64.6 Å². The molecule has 1 saturated heterocycles. The molecule has 0 bridgehead atoms. The Hall–Kier alpha value is -2.24. The number of nitrogens with zero attached hydrogens (tertiary/aromatic N) is 2. The van der Waals surface area contributed by atoms with E-state index in [1.54, 1.807) is 0 Å². The third kappa shape index (κ3) is 5.92. The first kappa shape index (κ1) is 23.4. The summed E-state index contributed by atoms with van der Waals surface area (Å²) in [5.41, 5.74) is 1.22. The second-order valence-corrected chi connectivity index (χ2v) is 8.84. The number of piperidine rings is 1. The van der Waals surface area contributed by atoms with E-state index in [2.05, 4.69) is 42.0 Å². The average Bonchev–Trinajstić information content (AvgIpc) is 2.79. The molecule has 1 aromatic heterocycles. The number of unbranched alkanes of at least 4 members (excludes halogenated alkanes) is 1. The van der Waals surface area contributed by atoms with Gasteiger partial charge < -0.3 is 10.1 Å². The molecule has 1 amide bonds. The molecule has 1 aromatic carbocycles. The van der Waals surface area contributed by atoms with Gasteiger partial charge in [0.05, 0.1) is 0 Å². The molecule has 1 unspecified atom stereocenters. The molecule has 5 heteroatoms. The van der Waals surface area contributed by atoms with Gasteiger partial charge in [-0.25, -0.2) is 0 Å². The molecule has 1 aliphatic heterocycles. The number of pyridine rings is 1. The van der Waals surface area contributed by atoms with Gasteiger partial charge in [-0.15, -0.1) is 0 Å². The Balaban J connectivity index is 1.66. The van der Waals surface area contributed by atoms with Crippen molar-refractivity contribution in [1.82, 2.24) is 15.2 Å². The molecule has 0 aliphatic carbocycles. The fourth-order valence-electron chi connectivity index (χ4n) is 4.38. The van der Waals surface area contributed by atoms with Crippen molar-refractivity contribution in [2.24, 2.45) is 5.92 Å². The van der Waals surface area contributed by atoms with E-state index in [1.807, 2.05) is 48.8 Å². The van der Waals surface area contributed by atoms with Crippen LogP contribution in [0.1, 0.15) is 57.6 Å². The van der Waals surface area contributed by atoms with Gasteiger partial charge in [0.2, 0.25) is 0 Å². The first-order chi connectivity index (χ1) is 15.1. The van der Waals surface area contributed by atoms with Crippen LogP contribution in [0.4, 0.5) is 0 Å². The molecule has 1 N–H and O–H groups in total. The van der Waals surface area contributed by atoms with E-state index >= 15 is 0 Å². The van der Waals surface area contributed by atoms with Crippen LogP contribution in [-0.4, -0.2) is 41.5 Å². The summed E-state index contributed by atoms with van der Waals surface area (Å²) in [4.78, 5) is 20.3. The lowest BCUT2D eigenvalue weighted by Gasteiger charge is -2.39. The molecule has 0 radical (unpaired) electrons. The number of hydrogen-bond donors (Lipinski definition) is 1. The second kappa shape index (κ2) is 11.4. The zero-order valence-corrected chi connectivity index (χ0v) is 19.2. The Labute approximate surface area is 187 Å². The van der Waals surface area contributed by atoms with Crippen molar-refractivity contribution in [2.75, 3.05) is 19.7 Å². The number of ether oxygens (including phenoxy) is 1. The van der Waals surface area contributed by atoms with Crippen molar-refractivity contribution in [1.29, 1.82) is 0 Å². The van der Waals surface area contributed by atoms with Crippen molar-refractivity contribution in [3.05, 3.63) is 66.0 Å². The lowest BCUT2D eigenvalue weighted by Crippen LogP contribution is -2.54. The minimum absolute atomic E-state index is 0.00416. The van der Waals surface area contributed by atoms with Gasteiger partial charge in [0.25, 0.3) is 5.91 Å². The molecular weight excluding hydrogens is 386 g/mol. The van der Waals surface area contributed by atoms with E-state index in [-0.39, 0.29) is 17.9 Å². The topological polar surface area (TPSA) is 54.5 Å². The van der Waals surface area contributed by atoms with Crippen molar-refractivity contribution >= 4 is 5.91 Å². The predicted molar refractivity (Wildman–Crippen MR) is 124 cm³/mol. The molecule has 5 nitrogen and oxygen atoms in total. The number of nitrogens with one attached hydrogen (secondary N) is 1. The standard InChI is InChI=1S/C26H37N3O2/c1-4-5-18-31-26(21(2)3,23-11-7-6-8-12-23)25(30)28-24-13-16-29(17-14-24)20-22-10-9-15-27-19-22/h6-12,15,19,21,24H,4-5,13-14,16-18,20H2,1-3H3,(H,28,30). The predicted octanol–water partition coefficient (Wildman–Crippen LogP) is 4.53. The maximum atomic E-state index is 13.7. The molecular formula is C26H37N3O2. The summed E-state index contributed by atoms with van der Waals surface area (Å²) in [7, 11) is 0. The van der Waals surface area contributed by atoms with Crippen molar-refractivity contribution in [3.8, 4) is 0 Å². The number of carbonyl (C=O) groups excluding carboxylic acids is 1. The summed E-state index contributed by atoms with van der Waals surface area (Å²) in [5, 5.41) is 3.35. The molecule has 168 valence electrons. The summed E-state index contributed by atoms with van der Waals surface area (Å²) in [6.45, 7) is 9.73. The lowest BCUT2D eigenvalue weighted by atomic mass is 9.81. The van der Waals surface area contributed by atoms with Gasteiger partial charge in [-0.3, -0.25) is 14.7 Å². The summed E-state index contributed by atoms with van der Waals surface area (Å²) >= 11 is 0. The highest BCUT2D eigenvalue weighted by Gasteiger charge is 2.45. The monoisotopic (exact) mass is 423 g/mol. The Morgan fingerprint density at radius 2 is 1.94 bits per heavy atom. The molecule has 0 saturated carbocycles. The Morgan fingerprint density at radius 3 is 2.55 bits per heavy atom. The summed E-state index contributed by atoms with van der Waals surface area (Å²) in [6, 6.07) is 14.3. The molecule has 2 aromatic rings. The van der Waals surface area contributed by atoms with Crippen LogP contribution >= 0.6 is 0 Å². The van der Waals surface area contributed by atoms with Gasteiger partial charge in [0.15, 0.2) is 5.60 Å². The zero-order valence-electron chi connectivity index (χ0n) is 19.2. The minimum Gasteiger partial charge on any atom is -0.360 e. The minimum atomic E-state index is -0.955. The average molecular weight is 424 g/mol. The normalized spacial score (nSPS) is 17.4. The van der Waals surface area contributed by atoms with Crippen molar-refractivity contribution < 1.29 is 9.53 Å². The molecule has 3 rings (SSSR count). The first-order valence-electron chi connectivity index (χ1n) is 11.7. The number of likely N-dealkylation sites (tertiary alicyclic amines) is 1. The van der Waals surface area contributed by atoms with Crippen LogP contribution in [0.3, 0.4) is 0 Å².